The molecule has 1 amide bonds. The first-order valence-corrected chi connectivity index (χ1v) is 8.74. The van der Waals surface area contributed by atoms with Gasteiger partial charge in [-0.2, -0.15) is 0 Å². The molecule has 0 spiro atoms. The van der Waals surface area contributed by atoms with E-state index in [4.69, 9.17) is 0 Å². The summed E-state index contributed by atoms with van der Waals surface area (Å²) in [6, 6.07) is 6.21. The summed E-state index contributed by atoms with van der Waals surface area (Å²) in [6.07, 6.45) is 2.98. The smallest absolute Gasteiger partial charge is 0.242 e. The van der Waals surface area contributed by atoms with E-state index in [0.717, 1.165) is 5.56 Å². The largest absolute Gasteiger partial charge is 0.348 e. The average Bonchev–Trinajstić information content (AvgIpc) is 3.16. The third-order valence-electron chi connectivity index (χ3n) is 4.73. The number of benzene rings is 1. The quantitative estimate of drug-likeness (QED) is 0.642. The Hall–Kier alpha value is -2.49. The molecule has 156 valence electrons. The Kier molecular flexibility index (Phi) is 7.72. The highest BCUT2D eigenvalue weighted by molar-refractivity contribution is 5.87. The molecule has 4 rings (SSSR count). The molecule has 2 aromatic heterocycles. The second-order valence-electron chi connectivity index (χ2n) is 6.52. The second kappa shape index (κ2) is 9.82. The maximum Gasteiger partial charge on any atom is 0.242 e. The van der Waals surface area contributed by atoms with E-state index >= 15 is 0 Å². The summed E-state index contributed by atoms with van der Waals surface area (Å²) in [6.45, 7) is 2.02. The Morgan fingerprint density at radius 1 is 1.31 bits per heavy atom. The van der Waals surface area contributed by atoms with Gasteiger partial charge in [0.15, 0.2) is 11.5 Å². The molecule has 29 heavy (non-hydrogen) atoms. The molecule has 8 nitrogen and oxygen atoms in total. The van der Waals surface area contributed by atoms with E-state index in [-0.39, 0.29) is 49.1 Å². The third kappa shape index (κ3) is 4.75. The molecule has 1 saturated heterocycles. The standard InChI is InChI=1S/C18H20FN7O.2ClH/c1-25(18-16-17(22-10-21-16)23-11-24-18)9-15(27)26-6-5-20-8-14(26)12-3-2-4-13(19)7-12;;/h2-4,7,10-11,14,20H,5-6,8-9H2,1H3,(H,21,22,23,24);2*1H. The van der Waals surface area contributed by atoms with E-state index in [0.29, 0.717) is 36.6 Å². The molecule has 1 aliphatic heterocycles. The summed E-state index contributed by atoms with van der Waals surface area (Å²) in [4.78, 5) is 32.1. The van der Waals surface area contributed by atoms with Crippen LogP contribution in [0.25, 0.3) is 11.2 Å². The van der Waals surface area contributed by atoms with Crippen LogP contribution in [0.4, 0.5) is 10.2 Å². The van der Waals surface area contributed by atoms with Crippen molar-refractivity contribution in [3.05, 3.63) is 48.3 Å². The number of amides is 1. The second-order valence-corrected chi connectivity index (χ2v) is 6.52. The molecule has 1 unspecified atom stereocenters. The van der Waals surface area contributed by atoms with E-state index in [1.165, 1.54) is 18.5 Å². The lowest BCUT2D eigenvalue weighted by Gasteiger charge is -2.37. The SMILES string of the molecule is CN(CC(=O)N1CCNCC1c1cccc(F)c1)c1ncnc2nc[nH]c12.Cl.Cl. The molecule has 1 atom stereocenters. The molecule has 1 aromatic carbocycles. The molecule has 0 saturated carbocycles. The van der Waals surface area contributed by atoms with Crippen molar-refractivity contribution in [3.8, 4) is 0 Å². The van der Waals surface area contributed by atoms with Crippen molar-refractivity contribution in [1.82, 2.24) is 30.2 Å². The highest BCUT2D eigenvalue weighted by atomic mass is 35.5. The molecule has 2 N–H and O–H groups in total. The number of nitrogens with one attached hydrogen (secondary N) is 2. The maximum absolute atomic E-state index is 13.6. The zero-order valence-electron chi connectivity index (χ0n) is 15.7. The number of H-pyrrole nitrogens is 1. The van der Waals surface area contributed by atoms with Gasteiger partial charge in [0, 0.05) is 26.7 Å². The molecule has 0 aliphatic carbocycles. The highest BCUT2D eigenvalue weighted by Crippen LogP contribution is 2.24. The number of piperazine rings is 1. The molecular formula is C18H22Cl2FN7O. The average molecular weight is 442 g/mol. The van der Waals surface area contributed by atoms with Gasteiger partial charge in [0.1, 0.15) is 17.7 Å². The molecule has 1 aliphatic rings. The molecule has 3 aromatic rings. The van der Waals surface area contributed by atoms with Gasteiger partial charge in [-0.15, -0.1) is 24.8 Å². The Bertz CT molecular complexity index is 970. The number of carbonyl (C=O) groups is 1. The van der Waals surface area contributed by atoms with Crippen LogP contribution < -0.4 is 10.2 Å². The van der Waals surface area contributed by atoms with Crippen LogP contribution in [0.2, 0.25) is 0 Å². The number of rotatable bonds is 4. The predicted octanol–water partition coefficient (Wildman–Crippen LogP) is 1.94. The first kappa shape index (κ1) is 22.8. The number of imidazole rings is 1. The highest BCUT2D eigenvalue weighted by Gasteiger charge is 2.29. The zero-order valence-corrected chi connectivity index (χ0v) is 17.3. The van der Waals surface area contributed by atoms with Crippen molar-refractivity contribution in [1.29, 1.82) is 0 Å². The lowest BCUT2D eigenvalue weighted by Crippen LogP contribution is -2.51. The molecule has 11 heteroatoms. The molecule has 0 radical (unpaired) electrons. The van der Waals surface area contributed by atoms with Gasteiger partial charge in [-0.25, -0.2) is 19.3 Å². The fourth-order valence-electron chi connectivity index (χ4n) is 3.42. The number of anilines is 1. The minimum absolute atomic E-state index is 0. The van der Waals surface area contributed by atoms with Crippen LogP contribution in [0.5, 0.6) is 0 Å². The van der Waals surface area contributed by atoms with E-state index in [1.807, 2.05) is 6.07 Å². The number of aromatic nitrogens is 4. The number of hydrogen-bond donors (Lipinski definition) is 2. The van der Waals surface area contributed by atoms with Crippen LogP contribution in [-0.2, 0) is 4.79 Å². The van der Waals surface area contributed by atoms with Gasteiger partial charge in [-0.1, -0.05) is 12.1 Å². The van der Waals surface area contributed by atoms with Gasteiger partial charge in [0.25, 0.3) is 0 Å². The number of likely N-dealkylation sites (N-methyl/N-ethyl adjacent to an activating group) is 1. The normalized spacial score (nSPS) is 16.1. The number of hydrogen-bond acceptors (Lipinski definition) is 6. The monoisotopic (exact) mass is 441 g/mol. The van der Waals surface area contributed by atoms with Gasteiger partial charge >= 0.3 is 0 Å². The molecule has 0 bridgehead atoms. The van der Waals surface area contributed by atoms with E-state index < -0.39 is 0 Å². The van der Waals surface area contributed by atoms with Crippen LogP contribution in [0.3, 0.4) is 0 Å². The molecular weight excluding hydrogens is 420 g/mol. The minimum atomic E-state index is -0.301. The number of halogens is 3. The molecule has 3 heterocycles. The summed E-state index contributed by atoms with van der Waals surface area (Å²) in [5.41, 5.74) is 2.03. The van der Waals surface area contributed by atoms with E-state index in [1.54, 1.807) is 29.2 Å². The predicted molar refractivity (Wildman–Crippen MR) is 113 cm³/mol. The van der Waals surface area contributed by atoms with E-state index in [9.17, 15) is 9.18 Å². The number of nitrogens with zero attached hydrogens (tertiary/aromatic N) is 5. The van der Waals surface area contributed by atoms with Crippen LogP contribution in [0.15, 0.2) is 36.9 Å². The van der Waals surface area contributed by atoms with Gasteiger partial charge in [0.2, 0.25) is 5.91 Å². The first-order chi connectivity index (χ1) is 13.1. The summed E-state index contributed by atoms with van der Waals surface area (Å²) >= 11 is 0. The fourth-order valence-corrected chi connectivity index (χ4v) is 3.42. The Balaban J connectivity index is 0.00000150. The van der Waals surface area contributed by atoms with Crippen molar-refractivity contribution in [2.24, 2.45) is 0 Å². The number of aromatic amines is 1. The Morgan fingerprint density at radius 2 is 2.14 bits per heavy atom. The van der Waals surface area contributed by atoms with Crippen LogP contribution >= 0.6 is 24.8 Å². The lowest BCUT2D eigenvalue weighted by molar-refractivity contribution is -0.133. The van der Waals surface area contributed by atoms with Crippen molar-refractivity contribution < 1.29 is 9.18 Å². The van der Waals surface area contributed by atoms with E-state index in [2.05, 4.69) is 25.3 Å². The van der Waals surface area contributed by atoms with Gasteiger partial charge < -0.3 is 20.1 Å². The van der Waals surface area contributed by atoms with Gasteiger partial charge in [0.05, 0.1) is 18.9 Å². The van der Waals surface area contributed by atoms with Crippen LogP contribution in [-0.4, -0.2) is 64.0 Å². The van der Waals surface area contributed by atoms with Crippen LogP contribution in [0.1, 0.15) is 11.6 Å². The zero-order chi connectivity index (χ0) is 18.8. The Labute approximate surface area is 179 Å². The van der Waals surface area contributed by atoms with Crippen LogP contribution in [0, 0.1) is 5.82 Å². The van der Waals surface area contributed by atoms with Crippen molar-refractivity contribution in [2.75, 3.05) is 38.1 Å². The number of carbonyl (C=O) groups excluding carboxylic acids is 1. The van der Waals surface area contributed by atoms with Gasteiger partial charge in [-0.05, 0) is 17.7 Å². The molecule has 1 fully saturated rings. The minimum Gasteiger partial charge on any atom is -0.348 e. The number of fused-ring (bicyclic) bond motifs is 1. The third-order valence-corrected chi connectivity index (χ3v) is 4.73. The summed E-state index contributed by atoms with van der Waals surface area (Å²) in [7, 11) is 1.81. The van der Waals surface area contributed by atoms with Gasteiger partial charge in [-0.3, -0.25) is 4.79 Å². The van der Waals surface area contributed by atoms with Crippen molar-refractivity contribution in [2.45, 2.75) is 6.04 Å². The Morgan fingerprint density at radius 3 is 2.93 bits per heavy atom. The summed E-state index contributed by atoms with van der Waals surface area (Å²) in [5, 5.41) is 3.28. The maximum atomic E-state index is 13.6. The van der Waals surface area contributed by atoms with Crippen molar-refractivity contribution >= 4 is 47.7 Å². The van der Waals surface area contributed by atoms with Crippen molar-refractivity contribution in [3.63, 3.8) is 0 Å². The fraction of sp³-hybridized carbons (Fsp3) is 0.333. The summed E-state index contributed by atoms with van der Waals surface area (Å²) < 4.78 is 13.6. The topological polar surface area (TPSA) is 90.0 Å². The first-order valence-electron chi connectivity index (χ1n) is 8.74. The lowest BCUT2D eigenvalue weighted by atomic mass is 10.0. The summed E-state index contributed by atoms with van der Waals surface area (Å²) in [5.74, 6) is 0.271.